The summed E-state index contributed by atoms with van der Waals surface area (Å²) in [4.78, 5) is 10.9. The standard InChI is InChI=1S/C17H21NO4/c19-8-6-12-2-4-15-14-3-1-11-9-18(21)7-5-13(11)16(14)22-10-17(12,15)20/h5,7-9,12,14-16,20H,1-4,6,10H2/t12-,14-,15-,16+,17-/m0/s1. The molecule has 4 rings (SSSR count). The maximum atomic E-state index is 11.5. The predicted octanol–water partition coefficient (Wildman–Crippen LogP) is 1.30. The van der Waals surface area contributed by atoms with Crippen LogP contribution in [-0.4, -0.2) is 23.6 Å². The van der Waals surface area contributed by atoms with E-state index in [9.17, 15) is 15.1 Å². The van der Waals surface area contributed by atoms with E-state index in [0.29, 0.717) is 13.0 Å². The van der Waals surface area contributed by atoms with Gasteiger partial charge in [-0.25, -0.2) is 0 Å². The van der Waals surface area contributed by atoms with Crippen molar-refractivity contribution in [1.29, 1.82) is 0 Å². The Bertz CT molecular complexity index is 604. The van der Waals surface area contributed by atoms with E-state index in [1.54, 1.807) is 6.20 Å². The van der Waals surface area contributed by atoms with Crippen LogP contribution in [0.3, 0.4) is 0 Å². The summed E-state index contributed by atoms with van der Waals surface area (Å²) in [6.07, 6.45) is 8.12. The van der Waals surface area contributed by atoms with Crippen LogP contribution in [0.25, 0.3) is 0 Å². The lowest BCUT2D eigenvalue weighted by Crippen LogP contribution is -2.53. The summed E-state index contributed by atoms with van der Waals surface area (Å²) in [5.41, 5.74) is 1.31. The molecule has 5 atom stereocenters. The number of aliphatic hydroxyl groups is 1. The Hall–Kier alpha value is -1.46. The molecule has 1 saturated heterocycles. The van der Waals surface area contributed by atoms with Crippen molar-refractivity contribution in [2.45, 2.75) is 43.8 Å². The maximum absolute atomic E-state index is 11.5. The molecular formula is C17H21NO4. The first-order chi connectivity index (χ1) is 10.6. The highest BCUT2D eigenvalue weighted by atomic mass is 16.5. The number of hydrogen-bond acceptors (Lipinski definition) is 4. The minimum atomic E-state index is -0.854. The van der Waals surface area contributed by atoms with Crippen LogP contribution in [0.2, 0.25) is 0 Å². The van der Waals surface area contributed by atoms with Gasteiger partial charge in [-0.1, -0.05) is 0 Å². The quantitative estimate of drug-likeness (QED) is 0.508. The molecule has 0 bridgehead atoms. The normalized spacial score (nSPS) is 39.7. The van der Waals surface area contributed by atoms with Crippen LogP contribution in [-0.2, 0) is 16.0 Å². The molecule has 118 valence electrons. The Morgan fingerprint density at radius 2 is 2.32 bits per heavy atom. The van der Waals surface area contributed by atoms with E-state index >= 15 is 0 Å². The summed E-state index contributed by atoms with van der Waals surface area (Å²) >= 11 is 0. The van der Waals surface area contributed by atoms with Gasteiger partial charge in [-0.2, -0.15) is 4.73 Å². The zero-order valence-corrected chi connectivity index (χ0v) is 12.5. The molecule has 3 aliphatic rings. The van der Waals surface area contributed by atoms with Gasteiger partial charge in [0.05, 0.1) is 18.3 Å². The van der Waals surface area contributed by atoms with E-state index in [1.807, 2.05) is 6.07 Å². The Kier molecular flexibility index (Phi) is 3.24. The lowest BCUT2D eigenvalue weighted by Gasteiger charge is -2.49. The minimum Gasteiger partial charge on any atom is -0.619 e. The summed E-state index contributed by atoms with van der Waals surface area (Å²) in [7, 11) is 0. The van der Waals surface area contributed by atoms with E-state index in [2.05, 4.69) is 0 Å². The predicted molar refractivity (Wildman–Crippen MR) is 77.8 cm³/mol. The summed E-state index contributed by atoms with van der Waals surface area (Å²) < 4.78 is 6.91. The zero-order chi connectivity index (χ0) is 15.3. The number of aryl methyl sites for hydroxylation is 1. The molecule has 2 heterocycles. The van der Waals surface area contributed by atoms with Crippen LogP contribution in [0.1, 0.15) is 42.9 Å². The molecule has 1 aliphatic heterocycles. The van der Waals surface area contributed by atoms with Crippen molar-refractivity contribution in [1.82, 2.24) is 0 Å². The first-order valence-corrected chi connectivity index (χ1v) is 8.12. The van der Waals surface area contributed by atoms with Crippen molar-refractivity contribution in [3.05, 3.63) is 34.8 Å². The number of carbonyl (C=O) groups excluding carboxylic acids is 1. The number of nitrogens with zero attached hydrogens (tertiary/aromatic N) is 1. The fourth-order valence-corrected chi connectivity index (χ4v) is 5.00. The number of carbonyl (C=O) groups is 1. The summed E-state index contributed by atoms with van der Waals surface area (Å²) in [6, 6.07) is 1.86. The molecule has 0 amide bonds. The van der Waals surface area contributed by atoms with Gasteiger partial charge in [0, 0.05) is 18.1 Å². The number of hydrogen-bond donors (Lipinski definition) is 1. The van der Waals surface area contributed by atoms with Gasteiger partial charge in [0.1, 0.15) is 6.29 Å². The molecule has 2 aliphatic carbocycles. The van der Waals surface area contributed by atoms with E-state index in [1.165, 1.54) is 6.20 Å². The van der Waals surface area contributed by atoms with Gasteiger partial charge in [0.25, 0.3) is 0 Å². The Morgan fingerprint density at radius 1 is 1.45 bits per heavy atom. The Labute approximate surface area is 129 Å². The first kappa shape index (κ1) is 14.2. The van der Waals surface area contributed by atoms with Gasteiger partial charge in [0.2, 0.25) is 0 Å². The Balaban J connectivity index is 1.66. The van der Waals surface area contributed by atoms with Crippen molar-refractivity contribution in [2.24, 2.45) is 17.8 Å². The third-order valence-electron chi connectivity index (χ3n) is 6.06. The van der Waals surface area contributed by atoms with Crippen LogP contribution >= 0.6 is 0 Å². The highest BCUT2D eigenvalue weighted by Gasteiger charge is 2.57. The number of fused-ring (bicyclic) bond motifs is 5. The summed E-state index contributed by atoms with van der Waals surface area (Å²) in [5, 5.41) is 22.5. The van der Waals surface area contributed by atoms with E-state index in [4.69, 9.17) is 4.74 Å². The van der Waals surface area contributed by atoms with Gasteiger partial charge in [0.15, 0.2) is 12.4 Å². The number of pyridine rings is 1. The van der Waals surface area contributed by atoms with Gasteiger partial charge in [-0.05, 0) is 49.0 Å². The first-order valence-electron chi connectivity index (χ1n) is 8.12. The average molecular weight is 303 g/mol. The number of ether oxygens (including phenoxy) is 1. The fourth-order valence-electron chi connectivity index (χ4n) is 5.00. The third kappa shape index (κ3) is 1.92. The zero-order valence-electron chi connectivity index (χ0n) is 12.5. The lowest BCUT2D eigenvalue weighted by molar-refractivity contribution is -0.606. The second-order valence-corrected chi connectivity index (χ2v) is 6.99. The molecule has 1 aromatic heterocycles. The number of aldehydes is 1. The molecule has 22 heavy (non-hydrogen) atoms. The van der Waals surface area contributed by atoms with Gasteiger partial charge in [-0.15, -0.1) is 0 Å². The topological polar surface area (TPSA) is 73.5 Å². The molecule has 0 spiro atoms. The van der Waals surface area contributed by atoms with Crippen molar-refractivity contribution >= 4 is 6.29 Å². The van der Waals surface area contributed by atoms with Crippen molar-refractivity contribution in [2.75, 3.05) is 6.61 Å². The van der Waals surface area contributed by atoms with Gasteiger partial charge in [-0.3, -0.25) is 0 Å². The van der Waals surface area contributed by atoms with Crippen LogP contribution < -0.4 is 4.73 Å². The van der Waals surface area contributed by atoms with Crippen LogP contribution in [0.4, 0.5) is 0 Å². The second kappa shape index (κ2) is 5.03. The van der Waals surface area contributed by atoms with Crippen molar-refractivity contribution in [3.8, 4) is 0 Å². The number of aromatic nitrogens is 1. The molecular weight excluding hydrogens is 282 g/mol. The van der Waals surface area contributed by atoms with E-state index in [0.717, 1.165) is 47.8 Å². The van der Waals surface area contributed by atoms with Crippen LogP contribution in [0, 0.1) is 23.0 Å². The summed E-state index contributed by atoms with van der Waals surface area (Å²) in [6.45, 7) is 0.295. The molecule has 2 fully saturated rings. The van der Waals surface area contributed by atoms with Gasteiger partial charge >= 0.3 is 0 Å². The molecule has 0 radical (unpaired) electrons. The van der Waals surface area contributed by atoms with Crippen LogP contribution in [0.5, 0.6) is 0 Å². The van der Waals surface area contributed by atoms with Gasteiger partial charge < -0.3 is 19.8 Å². The highest BCUT2D eigenvalue weighted by Crippen LogP contribution is 2.56. The lowest BCUT2D eigenvalue weighted by atomic mass is 9.67. The monoisotopic (exact) mass is 303 g/mol. The summed E-state index contributed by atoms with van der Waals surface area (Å²) in [5.74, 6) is 0.506. The van der Waals surface area contributed by atoms with Crippen molar-refractivity contribution in [3.63, 3.8) is 0 Å². The molecule has 1 aromatic rings. The molecule has 0 aromatic carbocycles. The molecule has 5 heteroatoms. The fraction of sp³-hybridized carbons (Fsp3) is 0.647. The molecule has 0 unspecified atom stereocenters. The third-order valence-corrected chi connectivity index (χ3v) is 6.06. The smallest absolute Gasteiger partial charge is 0.183 e. The van der Waals surface area contributed by atoms with E-state index < -0.39 is 5.60 Å². The minimum absolute atomic E-state index is 0.0230. The van der Waals surface area contributed by atoms with E-state index in [-0.39, 0.29) is 23.9 Å². The largest absolute Gasteiger partial charge is 0.619 e. The van der Waals surface area contributed by atoms with Crippen LogP contribution in [0.15, 0.2) is 18.5 Å². The molecule has 1 N–H and O–H groups in total. The number of rotatable bonds is 2. The SMILES string of the molecule is O=CC[C@@H]1CC[C@H]2[C@@H]3CCc4c[n+]([O-])ccc4[C@H]3OC[C@]12O. The highest BCUT2D eigenvalue weighted by molar-refractivity contribution is 5.50. The second-order valence-electron chi connectivity index (χ2n) is 6.99. The average Bonchev–Trinajstić information content (AvgIpc) is 2.84. The molecule has 1 saturated carbocycles. The van der Waals surface area contributed by atoms with Crippen molar-refractivity contribution < 1.29 is 19.4 Å². The Morgan fingerprint density at radius 3 is 3.14 bits per heavy atom. The molecule has 5 nitrogen and oxygen atoms in total. The maximum Gasteiger partial charge on any atom is 0.183 e.